The SMILES string of the molecule is CNC(COC)Cn1ccn(C2CC2)c1=O. The van der Waals surface area contributed by atoms with Gasteiger partial charge in [-0.2, -0.15) is 0 Å². The molecule has 0 aromatic carbocycles. The van der Waals surface area contributed by atoms with Gasteiger partial charge in [-0.25, -0.2) is 4.79 Å². The van der Waals surface area contributed by atoms with Gasteiger partial charge in [0.1, 0.15) is 0 Å². The van der Waals surface area contributed by atoms with E-state index in [0.717, 1.165) is 12.8 Å². The Bertz CT molecular complexity index is 392. The van der Waals surface area contributed by atoms with Crippen LogP contribution in [0, 0.1) is 0 Å². The normalized spacial score (nSPS) is 17.6. The van der Waals surface area contributed by atoms with Crippen LogP contribution in [0.5, 0.6) is 0 Å². The van der Waals surface area contributed by atoms with Crippen LogP contribution in [0.15, 0.2) is 17.2 Å². The Labute approximate surface area is 95.0 Å². The highest BCUT2D eigenvalue weighted by molar-refractivity contribution is 4.91. The van der Waals surface area contributed by atoms with Gasteiger partial charge in [-0.1, -0.05) is 0 Å². The highest BCUT2D eigenvalue weighted by Gasteiger charge is 2.25. The minimum atomic E-state index is 0.0962. The van der Waals surface area contributed by atoms with Gasteiger partial charge in [-0.05, 0) is 19.9 Å². The first-order chi connectivity index (χ1) is 7.76. The highest BCUT2D eigenvalue weighted by Crippen LogP contribution is 2.33. The summed E-state index contributed by atoms with van der Waals surface area (Å²) < 4.78 is 8.67. The van der Waals surface area contributed by atoms with Gasteiger partial charge in [0.05, 0.1) is 6.61 Å². The van der Waals surface area contributed by atoms with E-state index in [-0.39, 0.29) is 11.7 Å². The van der Waals surface area contributed by atoms with Crippen LogP contribution >= 0.6 is 0 Å². The Balaban J connectivity index is 2.05. The molecule has 0 spiro atoms. The van der Waals surface area contributed by atoms with E-state index < -0.39 is 0 Å². The molecule has 0 radical (unpaired) electrons. The van der Waals surface area contributed by atoms with Gasteiger partial charge in [0.25, 0.3) is 0 Å². The molecule has 1 N–H and O–H groups in total. The summed E-state index contributed by atoms with van der Waals surface area (Å²) in [6.45, 7) is 1.26. The number of hydrogen-bond acceptors (Lipinski definition) is 3. The van der Waals surface area contributed by atoms with Crippen molar-refractivity contribution in [1.82, 2.24) is 14.5 Å². The average Bonchev–Trinajstić information content (AvgIpc) is 3.05. The number of hydrogen-bond donors (Lipinski definition) is 1. The second kappa shape index (κ2) is 4.84. The number of likely N-dealkylation sites (N-methyl/N-ethyl adjacent to an activating group) is 1. The zero-order valence-electron chi connectivity index (χ0n) is 9.85. The van der Waals surface area contributed by atoms with Crippen LogP contribution in [-0.2, 0) is 11.3 Å². The Hall–Kier alpha value is -1.07. The number of methoxy groups -OCH3 is 1. The van der Waals surface area contributed by atoms with Crippen molar-refractivity contribution in [2.45, 2.75) is 31.5 Å². The van der Waals surface area contributed by atoms with Gasteiger partial charge in [-0.15, -0.1) is 0 Å². The smallest absolute Gasteiger partial charge is 0.328 e. The van der Waals surface area contributed by atoms with E-state index >= 15 is 0 Å². The van der Waals surface area contributed by atoms with Gasteiger partial charge in [-0.3, -0.25) is 9.13 Å². The third-order valence-electron chi connectivity index (χ3n) is 3.01. The van der Waals surface area contributed by atoms with Gasteiger partial charge >= 0.3 is 5.69 Å². The predicted molar refractivity (Wildman–Crippen MR) is 61.7 cm³/mol. The lowest BCUT2D eigenvalue weighted by atomic mass is 10.3. The number of ether oxygens (including phenoxy) is 1. The summed E-state index contributed by atoms with van der Waals surface area (Å²) in [6.07, 6.45) is 6.02. The van der Waals surface area contributed by atoms with Crippen molar-refractivity contribution in [3.63, 3.8) is 0 Å². The first-order valence-corrected chi connectivity index (χ1v) is 5.69. The standard InChI is InChI=1S/C11H19N3O2/c1-12-9(8-16-2)7-13-5-6-14(11(13)15)10-3-4-10/h5-6,9-10,12H,3-4,7-8H2,1-2H3. The van der Waals surface area contributed by atoms with Crippen molar-refractivity contribution in [3.8, 4) is 0 Å². The summed E-state index contributed by atoms with van der Waals surface area (Å²) in [7, 11) is 3.55. The van der Waals surface area contributed by atoms with Gasteiger partial charge in [0.2, 0.25) is 0 Å². The van der Waals surface area contributed by atoms with Gasteiger partial charge in [0, 0.05) is 38.1 Å². The Morgan fingerprint density at radius 2 is 2.31 bits per heavy atom. The molecule has 1 aliphatic carbocycles. The molecular formula is C11H19N3O2. The molecule has 0 amide bonds. The average molecular weight is 225 g/mol. The fraction of sp³-hybridized carbons (Fsp3) is 0.727. The number of aromatic nitrogens is 2. The Kier molecular flexibility index (Phi) is 3.46. The number of nitrogens with one attached hydrogen (secondary N) is 1. The number of imidazole rings is 1. The molecule has 2 rings (SSSR count). The van der Waals surface area contributed by atoms with Crippen molar-refractivity contribution in [2.24, 2.45) is 0 Å². The first kappa shape index (κ1) is 11.4. The maximum atomic E-state index is 12.0. The maximum absolute atomic E-state index is 12.0. The van der Waals surface area contributed by atoms with E-state index in [0.29, 0.717) is 19.2 Å². The second-order valence-corrected chi connectivity index (χ2v) is 4.31. The van der Waals surface area contributed by atoms with Crippen molar-refractivity contribution < 1.29 is 4.74 Å². The van der Waals surface area contributed by atoms with Crippen molar-refractivity contribution in [2.75, 3.05) is 20.8 Å². The molecule has 1 atom stereocenters. The van der Waals surface area contributed by atoms with Gasteiger partial charge < -0.3 is 10.1 Å². The molecular weight excluding hydrogens is 206 g/mol. The fourth-order valence-electron chi connectivity index (χ4n) is 1.86. The lowest BCUT2D eigenvalue weighted by Crippen LogP contribution is -2.37. The Morgan fingerprint density at radius 1 is 1.56 bits per heavy atom. The van der Waals surface area contributed by atoms with Crippen LogP contribution in [0.2, 0.25) is 0 Å². The maximum Gasteiger partial charge on any atom is 0.328 e. The molecule has 1 heterocycles. The molecule has 0 bridgehead atoms. The molecule has 5 nitrogen and oxygen atoms in total. The first-order valence-electron chi connectivity index (χ1n) is 5.69. The molecule has 1 aromatic heterocycles. The van der Waals surface area contributed by atoms with E-state index in [9.17, 15) is 4.79 Å². The topological polar surface area (TPSA) is 48.2 Å². The minimum absolute atomic E-state index is 0.0962. The molecule has 1 saturated carbocycles. The van der Waals surface area contributed by atoms with E-state index in [4.69, 9.17) is 4.74 Å². The van der Waals surface area contributed by atoms with Crippen molar-refractivity contribution in [1.29, 1.82) is 0 Å². The predicted octanol–water partition coefficient (Wildman–Crippen LogP) is 0.219. The minimum Gasteiger partial charge on any atom is -0.383 e. The lowest BCUT2D eigenvalue weighted by Gasteiger charge is -2.14. The summed E-state index contributed by atoms with van der Waals surface area (Å²) in [5.74, 6) is 0. The molecule has 16 heavy (non-hydrogen) atoms. The molecule has 1 aromatic rings. The second-order valence-electron chi connectivity index (χ2n) is 4.31. The summed E-state index contributed by atoms with van der Waals surface area (Å²) in [5, 5.41) is 3.14. The van der Waals surface area contributed by atoms with E-state index in [1.165, 1.54) is 0 Å². The van der Waals surface area contributed by atoms with Crippen LogP contribution in [0.3, 0.4) is 0 Å². The zero-order valence-corrected chi connectivity index (χ0v) is 9.85. The van der Waals surface area contributed by atoms with Crippen LogP contribution in [-0.4, -0.2) is 35.9 Å². The van der Waals surface area contributed by atoms with E-state index in [2.05, 4.69) is 5.32 Å². The monoisotopic (exact) mass is 225 g/mol. The van der Waals surface area contributed by atoms with Crippen LogP contribution in [0.1, 0.15) is 18.9 Å². The summed E-state index contributed by atoms with van der Waals surface area (Å²) in [4.78, 5) is 12.0. The number of nitrogens with zero attached hydrogens (tertiary/aromatic N) is 2. The quantitative estimate of drug-likeness (QED) is 0.753. The number of rotatable bonds is 6. The molecule has 1 unspecified atom stereocenters. The molecule has 1 fully saturated rings. The van der Waals surface area contributed by atoms with Gasteiger partial charge in [0.15, 0.2) is 0 Å². The summed E-state index contributed by atoms with van der Waals surface area (Å²) in [5.41, 5.74) is 0.0962. The fourth-order valence-corrected chi connectivity index (χ4v) is 1.86. The van der Waals surface area contributed by atoms with E-state index in [1.807, 2.05) is 24.0 Å². The van der Waals surface area contributed by atoms with E-state index in [1.54, 1.807) is 11.7 Å². The molecule has 1 aliphatic rings. The third-order valence-corrected chi connectivity index (χ3v) is 3.01. The lowest BCUT2D eigenvalue weighted by molar-refractivity contribution is 0.161. The molecule has 0 saturated heterocycles. The van der Waals surface area contributed by atoms with Crippen LogP contribution < -0.4 is 11.0 Å². The molecule has 0 aliphatic heterocycles. The van der Waals surface area contributed by atoms with Crippen LogP contribution in [0.25, 0.3) is 0 Å². The largest absolute Gasteiger partial charge is 0.383 e. The summed E-state index contributed by atoms with van der Waals surface area (Å²) in [6, 6.07) is 0.627. The van der Waals surface area contributed by atoms with Crippen LogP contribution in [0.4, 0.5) is 0 Å². The van der Waals surface area contributed by atoms with Crippen molar-refractivity contribution >= 4 is 0 Å². The van der Waals surface area contributed by atoms with Crippen molar-refractivity contribution in [3.05, 3.63) is 22.9 Å². The Morgan fingerprint density at radius 3 is 2.88 bits per heavy atom. The molecule has 5 heteroatoms. The zero-order chi connectivity index (χ0) is 11.5. The third kappa shape index (κ3) is 2.36. The molecule has 90 valence electrons. The highest BCUT2D eigenvalue weighted by atomic mass is 16.5. The summed E-state index contributed by atoms with van der Waals surface area (Å²) >= 11 is 0.